The van der Waals surface area contributed by atoms with E-state index in [1.807, 2.05) is 38.1 Å². The van der Waals surface area contributed by atoms with Gasteiger partial charge in [-0.05, 0) is 65.7 Å². The summed E-state index contributed by atoms with van der Waals surface area (Å²) in [5.74, 6) is 0. The van der Waals surface area contributed by atoms with E-state index >= 15 is 0 Å². The van der Waals surface area contributed by atoms with E-state index in [2.05, 4.69) is 25.6 Å². The first-order valence-corrected chi connectivity index (χ1v) is 12.5. The summed E-state index contributed by atoms with van der Waals surface area (Å²) in [6.45, 7) is 5.43. The topological polar surface area (TPSA) is 83.6 Å². The van der Waals surface area contributed by atoms with Crippen molar-refractivity contribution in [1.29, 1.82) is 0 Å². The summed E-state index contributed by atoms with van der Waals surface area (Å²) >= 11 is 3.19. The summed E-state index contributed by atoms with van der Waals surface area (Å²) in [5, 5.41) is 0. The molecule has 0 saturated heterocycles. The molecule has 2 aromatic carbocycles. The molecular formula is C18H23BrN2O4S2. The summed E-state index contributed by atoms with van der Waals surface area (Å²) < 4.78 is 51.6. The van der Waals surface area contributed by atoms with E-state index in [-0.39, 0.29) is 16.3 Å². The Bertz CT molecular complexity index is 1020. The van der Waals surface area contributed by atoms with Crippen LogP contribution in [-0.2, 0) is 19.9 Å². The Morgan fingerprint density at radius 2 is 1.78 bits per heavy atom. The number of hydrogen-bond acceptors (Lipinski definition) is 5. The number of likely N-dealkylation sites (N-methyl/N-ethyl adjacent to an activating group) is 1. The molecule has 0 heterocycles. The highest BCUT2D eigenvalue weighted by molar-refractivity contribution is 9.10. The molecule has 27 heavy (non-hydrogen) atoms. The lowest BCUT2D eigenvalue weighted by molar-refractivity contribution is 0.580. The summed E-state index contributed by atoms with van der Waals surface area (Å²) in [5.41, 5.74) is 2.16. The summed E-state index contributed by atoms with van der Waals surface area (Å²) in [6.07, 6.45) is 1.04. The molecule has 0 unspecified atom stereocenters. The third-order valence-electron chi connectivity index (χ3n) is 4.04. The minimum Gasteiger partial charge on any atom is -0.370 e. The standard InChI is InChI=1S/C18H23BrN2O4S2/c1-4-21(15-7-5-6-14(2)12-15)11-10-20-27(24,25)18-13-16(26(3,22)23)8-9-17(18)19/h5-9,12-13,20H,4,10-11H2,1-3H3. The maximum Gasteiger partial charge on any atom is 0.241 e. The van der Waals surface area contributed by atoms with E-state index in [1.165, 1.54) is 18.2 Å². The molecule has 1 N–H and O–H groups in total. The SMILES string of the molecule is CCN(CCNS(=O)(=O)c1cc(S(C)(=O)=O)ccc1Br)c1cccc(C)c1. The van der Waals surface area contributed by atoms with Gasteiger partial charge >= 0.3 is 0 Å². The van der Waals surface area contributed by atoms with Crippen molar-refractivity contribution in [2.75, 3.05) is 30.8 Å². The molecule has 6 nitrogen and oxygen atoms in total. The van der Waals surface area contributed by atoms with Gasteiger partial charge in [0.05, 0.1) is 9.79 Å². The molecule has 0 bridgehead atoms. The van der Waals surface area contributed by atoms with Crippen molar-refractivity contribution in [2.24, 2.45) is 0 Å². The van der Waals surface area contributed by atoms with Crippen molar-refractivity contribution in [2.45, 2.75) is 23.6 Å². The van der Waals surface area contributed by atoms with E-state index < -0.39 is 19.9 Å². The maximum absolute atomic E-state index is 12.6. The fourth-order valence-corrected chi connectivity index (χ4v) is 5.34. The normalized spacial score (nSPS) is 12.1. The molecule has 0 saturated carbocycles. The number of rotatable bonds is 8. The zero-order valence-corrected chi connectivity index (χ0v) is 18.7. The Morgan fingerprint density at radius 1 is 1.07 bits per heavy atom. The second-order valence-corrected chi connectivity index (χ2v) is 10.8. The fraction of sp³-hybridized carbons (Fsp3) is 0.333. The van der Waals surface area contributed by atoms with Gasteiger partial charge in [-0.1, -0.05) is 12.1 Å². The second kappa shape index (κ2) is 8.72. The Kier molecular flexibility index (Phi) is 7.07. The van der Waals surface area contributed by atoms with E-state index in [0.717, 1.165) is 24.1 Å². The van der Waals surface area contributed by atoms with Gasteiger partial charge in [-0.2, -0.15) is 0 Å². The zero-order chi connectivity index (χ0) is 20.2. The van der Waals surface area contributed by atoms with Crippen LogP contribution in [0.2, 0.25) is 0 Å². The lowest BCUT2D eigenvalue weighted by Crippen LogP contribution is -2.35. The van der Waals surface area contributed by atoms with Crippen LogP contribution in [0.3, 0.4) is 0 Å². The van der Waals surface area contributed by atoms with E-state index in [1.54, 1.807) is 0 Å². The Morgan fingerprint density at radius 3 is 2.37 bits per heavy atom. The summed E-state index contributed by atoms with van der Waals surface area (Å²) in [6, 6.07) is 12.0. The molecule has 0 fully saturated rings. The van der Waals surface area contributed by atoms with Crippen molar-refractivity contribution in [3.8, 4) is 0 Å². The molecule has 0 aliphatic heterocycles. The predicted octanol–water partition coefficient (Wildman–Crippen LogP) is 2.97. The molecule has 9 heteroatoms. The number of anilines is 1. The Balaban J connectivity index is 2.15. The van der Waals surface area contributed by atoms with Crippen LogP contribution in [0.4, 0.5) is 5.69 Å². The lowest BCUT2D eigenvalue weighted by Gasteiger charge is -2.23. The fourth-order valence-electron chi connectivity index (χ4n) is 2.61. The average Bonchev–Trinajstić information content (AvgIpc) is 2.58. The Labute approximate surface area is 169 Å². The van der Waals surface area contributed by atoms with Crippen molar-refractivity contribution in [3.05, 3.63) is 52.5 Å². The average molecular weight is 475 g/mol. The molecule has 0 spiro atoms. The van der Waals surface area contributed by atoms with Gasteiger partial charge in [0.15, 0.2) is 9.84 Å². The molecule has 148 valence electrons. The maximum atomic E-state index is 12.6. The largest absolute Gasteiger partial charge is 0.370 e. The predicted molar refractivity (Wildman–Crippen MR) is 112 cm³/mol. The van der Waals surface area contributed by atoms with Gasteiger partial charge in [-0.15, -0.1) is 0 Å². The van der Waals surface area contributed by atoms with Crippen molar-refractivity contribution in [1.82, 2.24) is 4.72 Å². The van der Waals surface area contributed by atoms with Gasteiger partial charge in [0.25, 0.3) is 0 Å². The molecule has 0 aliphatic carbocycles. The van der Waals surface area contributed by atoms with Crippen molar-refractivity contribution < 1.29 is 16.8 Å². The first kappa shape index (κ1) is 21.9. The van der Waals surface area contributed by atoms with Gasteiger partial charge in [0.2, 0.25) is 10.0 Å². The third-order valence-corrected chi connectivity index (χ3v) is 7.61. The second-order valence-electron chi connectivity index (χ2n) is 6.18. The number of hydrogen-bond donors (Lipinski definition) is 1. The number of nitrogens with one attached hydrogen (secondary N) is 1. The van der Waals surface area contributed by atoms with Gasteiger partial charge in [-0.3, -0.25) is 0 Å². The van der Waals surface area contributed by atoms with E-state index in [9.17, 15) is 16.8 Å². The molecule has 2 aromatic rings. The van der Waals surface area contributed by atoms with Crippen LogP contribution in [0.15, 0.2) is 56.7 Å². The van der Waals surface area contributed by atoms with Crippen LogP contribution < -0.4 is 9.62 Å². The monoisotopic (exact) mass is 474 g/mol. The number of halogens is 1. The van der Waals surface area contributed by atoms with Gasteiger partial charge in [0, 0.05) is 36.1 Å². The smallest absolute Gasteiger partial charge is 0.241 e. The van der Waals surface area contributed by atoms with E-state index in [4.69, 9.17) is 0 Å². The van der Waals surface area contributed by atoms with Crippen LogP contribution in [-0.4, -0.2) is 42.7 Å². The van der Waals surface area contributed by atoms with Crippen LogP contribution in [0, 0.1) is 6.92 Å². The first-order chi connectivity index (χ1) is 12.5. The van der Waals surface area contributed by atoms with Crippen LogP contribution in [0.5, 0.6) is 0 Å². The van der Waals surface area contributed by atoms with Gasteiger partial charge in [0.1, 0.15) is 0 Å². The highest BCUT2D eigenvalue weighted by atomic mass is 79.9. The molecular weight excluding hydrogens is 452 g/mol. The number of sulfonamides is 1. The molecule has 0 atom stereocenters. The number of benzene rings is 2. The molecule has 0 aliphatic rings. The Hall–Kier alpha value is -1.42. The van der Waals surface area contributed by atoms with Crippen molar-refractivity contribution >= 4 is 41.5 Å². The first-order valence-electron chi connectivity index (χ1n) is 8.35. The third kappa shape index (κ3) is 5.78. The van der Waals surface area contributed by atoms with Crippen LogP contribution in [0.25, 0.3) is 0 Å². The van der Waals surface area contributed by atoms with E-state index in [0.29, 0.717) is 11.0 Å². The van der Waals surface area contributed by atoms with Crippen molar-refractivity contribution in [3.63, 3.8) is 0 Å². The minimum absolute atomic E-state index is 0.0407. The highest BCUT2D eigenvalue weighted by Gasteiger charge is 2.20. The van der Waals surface area contributed by atoms with Gasteiger partial charge < -0.3 is 4.90 Å². The zero-order valence-electron chi connectivity index (χ0n) is 15.4. The highest BCUT2D eigenvalue weighted by Crippen LogP contribution is 2.25. The lowest BCUT2D eigenvalue weighted by atomic mass is 10.2. The summed E-state index contributed by atoms with van der Waals surface area (Å²) in [4.78, 5) is 1.93. The number of sulfone groups is 1. The molecule has 2 rings (SSSR count). The van der Waals surface area contributed by atoms with Crippen LogP contribution in [0.1, 0.15) is 12.5 Å². The molecule has 0 amide bonds. The molecule has 0 radical (unpaired) electrons. The number of nitrogens with zero attached hydrogens (tertiary/aromatic N) is 1. The summed E-state index contributed by atoms with van der Waals surface area (Å²) in [7, 11) is -7.36. The minimum atomic E-state index is -3.86. The van der Waals surface area contributed by atoms with Crippen LogP contribution >= 0.6 is 15.9 Å². The number of aryl methyl sites for hydroxylation is 1. The quantitative estimate of drug-likeness (QED) is 0.635. The van der Waals surface area contributed by atoms with Gasteiger partial charge in [-0.25, -0.2) is 21.6 Å². The molecule has 0 aromatic heterocycles.